The minimum absolute atomic E-state index is 0.282. The first-order valence-electron chi connectivity index (χ1n) is 8.29. The van der Waals surface area contributed by atoms with Gasteiger partial charge in [0.25, 0.3) is 0 Å². The minimum atomic E-state index is -1.28. The summed E-state index contributed by atoms with van der Waals surface area (Å²) < 4.78 is 0. The average molecular weight is 358 g/mol. The lowest BCUT2D eigenvalue weighted by molar-refractivity contribution is -0.149. The van der Waals surface area contributed by atoms with Crippen LogP contribution in [0.25, 0.3) is 0 Å². The molecule has 25 heavy (non-hydrogen) atoms. The topological polar surface area (TPSA) is 176 Å². The van der Waals surface area contributed by atoms with Crippen LogP contribution in [-0.4, -0.2) is 70.1 Å². The van der Waals surface area contributed by atoms with Crippen molar-refractivity contribution in [3.63, 3.8) is 0 Å². The van der Waals surface area contributed by atoms with Gasteiger partial charge in [-0.3, -0.25) is 14.4 Å². The molecular weight excluding hydrogens is 332 g/mol. The zero-order chi connectivity index (χ0) is 19.0. The number of carboxylic acids is 2. The fourth-order valence-electron chi connectivity index (χ4n) is 2.80. The Bertz CT molecular complexity index is 512. The van der Waals surface area contributed by atoms with E-state index in [4.69, 9.17) is 16.6 Å². The number of aliphatic carboxylic acids is 2. The summed E-state index contributed by atoms with van der Waals surface area (Å²) >= 11 is 0. The highest BCUT2D eigenvalue weighted by atomic mass is 16.4. The Morgan fingerprint density at radius 1 is 1.20 bits per heavy atom. The van der Waals surface area contributed by atoms with Gasteiger partial charge in [-0.1, -0.05) is 0 Å². The maximum atomic E-state index is 12.7. The first kappa shape index (κ1) is 20.8. The molecule has 2 amide bonds. The molecule has 0 aromatic heterocycles. The summed E-state index contributed by atoms with van der Waals surface area (Å²) in [5.74, 6) is -3.54. The predicted octanol–water partition coefficient (Wildman–Crippen LogP) is -1.52. The van der Waals surface area contributed by atoms with E-state index in [0.717, 1.165) is 0 Å². The van der Waals surface area contributed by atoms with Crippen molar-refractivity contribution < 1.29 is 29.4 Å². The molecular formula is C15H26N4O6. The van der Waals surface area contributed by atoms with Gasteiger partial charge in [0.1, 0.15) is 12.1 Å². The minimum Gasteiger partial charge on any atom is -0.481 e. The fourth-order valence-corrected chi connectivity index (χ4v) is 2.80. The van der Waals surface area contributed by atoms with Crippen molar-refractivity contribution in [3.05, 3.63) is 0 Å². The number of carbonyl (C=O) groups is 4. The molecule has 3 unspecified atom stereocenters. The molecule has 0 aliphatic carbocycles. The van der Waals surface area contributed by atoms with Gasteiger partial charge >= 0.3 is 11.9 Å². The van der Waals surface area contributed by atoms with E-state index in [1.54, 1.807) is 0 Å². The Morgan fingerprint density at radius 3 is 2.44 bits per heavy atom. The Kier molecular flexibility index (Phi) is 8.29. The highest BCUT2D eigenvalue weighted by molar-refractivity contribution is 5.93. The molecule has 1 rings (SSSR count). The van der Waals surface area contributed by atoms with Gasteiger partial charge in [-0.15, -0.1) is 0 Å². The van der Waals surface area contributed by atoms with Crippen molar-refractivity contribution in [2.75, 3.05) is 13.1 Å². The number of hydrogen-bond acceptors (Lipinski definition) is 6. The van der Waals surface area contributed by atoms with Gasteiger partial charge in [-0.25, -0.2) is 4.79 Å². The van der Waals surface area contributed by atoms with Crippen molar-refractivity contribution in [1.82, 2.24) is 10.2 Å². The molecule has 1 saturated heterocycles. The molecule has 0 radical (unpaired) electrons. The van der Waals surface area contributed by atoms with Crippen LogP contribution in [0.15, 0.2) is 0 Å². The van der Waals surface area contributed by atoms with E-state index in [1.165, 1.54) is 4.90 Å². The second-order valence-corrected chi connectivity index (χ2v) is 6.08. The van der Waals surface area contributed by atoms with Gasteiger partial charge in [0.15, 0.2) is 0 Å². The first-order chi connectivity index (χ1) is 11.8. The lowest BCUT2D eigenvalue weighted by Crippen LogP contribution is -2.54. The largest absolute Gasteiger partial charge is 0.481 e. The second kappa shape index (κ2) is 9.94. The molecule has 10 heteroatoms. The molecule has 1 heterocycles. The SMILES string of the molecule is NCCCCC(NC(=O)C(N)CC(=O)O)C(=O)N1CCCC1C(=O)O. The smallest absolute Gasteiger partial charge is 0.326 e. The number of amides is 2. The highest BCUT2D eigenvalue weighted by Crippen LogP contribution is 2.19. The molecule has 10 nitrogen and oxygen atoms in total. The van der Waals surface area contributed by atoms with Gasteiger partial charge < -0.3 is 31.9 Å². The van der Waals surface area contributed by atoms with E-state index in [2.05, 4.69) is 5.32 Å². The predicted molar refractivity (Wildman–Crippen MR) is 87.4 cm³/mol. The van der Waals surface area contributed by atoms with E-state index >= 15 is 0 Å². The van der Waals surface area contributed by atoms with Crippen molar-refractivity contribution in [3.8, 4) is 0 Å². The third-order valence-corrected chi connectivity index (χ3v) is 4.11. The van der Waals surface area contributed by atoms with Gasteiger partial charge in [0.2, 0.25) is 11.8 Å². The van der Waals surface area contributed by atoms with E-state index in [0.29, 0.717) is 38.8 Å². The lowest BCUT2D eigenvalue weighted by Gasteiger charge is -2.28. The van der Waals surface area contributed by atoms with Gasteiger partial charge in [-0.05, 0) is 38.6 Å². The van der Waals surface area contributed by atoms with Crippen LogP contribution in [0.4, 0.5) is 0 Å². The number of unbranched alkanes of at least 4 members (excludes halogenated alkanes) is 1. The van der Waals surface area contributed by atoms with Crippen LogP contribution < -0.4 is 16.8 Å². The van der Waals surface area contributed by atoms with Crippen LogP contribution in [0, 0.1) is 0 Å². The second-order valence-electron chi connectivity index (χ2n) is 6.08. The number of carboxylic acid groups (broad SMARTS) is 2. The van der Waals surface area contributed by atoms with Crippen molar-refractivity contribution in [1.29, 1.82) is 0 Å². The van der Waals surface area contributed by atoms with Gasteiger partial charge in [0.05, 0.1) is 12.5 Å². The summed E-state index contributed by atoms with van der Waals surface area (Å²) in [5.41, 5.74) is 11.0. The Hall–Kier alpha value is -2.20. The third kappa shape index (κ3) is 6.31. The molecule has 142 valence electrons. The molecule has 1 aliphatic rings. The Morgan fingerprint density at radius 2 is 1.88 bits per heavy atom. The Balaban J connectivity index is 2.80. The average Bonchev–Trinajstić information content (AvgIpc) is 3.02. The zero-order valence-electron chi connectivity index (χ0n) is 14.0. The van der Waals surface area contributed by atoms with E-state index in [9.17, 15) is 24.3 Å². The first-order valence-corrected chi connectivity index (χ1v) is 8.29. The monoisotopic (exact) mass is 358 g/mol. The number of nitrogens with two attached hydrogens (primary N) is 2. The van der Waals surface area contributed by atoms with E-state index in [1.807, 2.05) is 0 Å². The van der Waals surface area contributed by atoms with E-state index < -0.39 is 48.3 Å². The maximum Gasteiger partial charge on any atom is 0.326 e. The third-order valence-electron chi connectivity index (χ3n) is 4.11. The molecule has 0 aromatic carbocycles. The number of carbonyl (C=O) groups excluding carboxylic acids is 2. The molecule has 1 aliphatic heterocycles. The molecule has 7 N–H and O–H groups in total. The molecule has 3 atom stereocenters. The lowest BCUT2D eigenvalue weighted by atomic mass is 10.1. The van der Waals surface area contributed by atoms with Crippen LogP contribution in [0.5, 0.6) is 0 Å². The van der Waals surface area contributed by atoms with Crippen molar-refractivity contribution in [2.45, 2.75) is 56.7 Å². The van der Waals surface area contributed by atoms with Crippen LogP contribution >= 0.6 is 0 Å². The quantitative estimate of drug-likeness (QED) is 0.292. The molecule has 1 fully saturated rings. The molecule has 0 aromatic rings. The summed E-state index contributed by atoms with van der Waals surface area (Å²) in [4.78, 5) is 47.9. The van der Waals surface area contributed by atoms with Crippen LogP contribution in [0.2, 0.25) is 0 Å². The summed E-state index contributed by atoms with van der Waals surface area (Å²) in [5, 5.41) is 20.4. The number of likely N-dealkylation sites (tertiary alicyclic amines) is 1. The summed E-state index contributed by atoms with van der Waals surface area (Å²) in [6, 6.07) is -3.14. The summed E-state index contributed by atoms with van der Waals surface area (Å²) in [6.45, 7) is 0.731. The maximum absolute atomic E-state index is 12.7. The Labute approximate surface area is 145 Å². The normalized spacial score (nSPS) is 19.3. The number of nitrogens with one attached hydrogen (secondary N) is 1. The molecule has 0 saturated carbocycles. The van der Waals surface area contributed by atoms with Crippen molar-refractivity contribution >= 4 is 23.8 Å². The zero-order valence-corrected chi connectivity index (χ0v) is 14.0. The van der Waals surface area contributed by atoms with E-state index in [-0.39, 0.29) is 6.42 Å². The number of hydrogen-bond donors (Lipinski definition) is 5. The van der Waals surface area contributed by atoms with Crippen molar-refractivity contribution in [2.24, 2.45) is 11.5 Å². The van der Waals surface area contributed by atoms with Gasteiger partial charge in [-0.2, -0.15) is 0 Å². The number of rotatable bonds is 10. The summed E-state index contributed by atoms with van der Waals surface area (Å²) in [6.07, 6.45) is 1.87. The number of nitrogens with zero attached hydrogens (tertiary/aromatic N) is 1. The fraction of sp³-hybridized carbons (Fsp3) is 0.733. The highest BCUT2D eigenvalue weighted by Gasteiger charge is 2.37. The molecule has 0 spiro atoms. The van der Waals surface area contributed by atoms with Crippen LogP contribution in [-0.2, 0) is 19.2 Å². The summed E-state index contributed by atoms with van der Waals surface area (Å²) in [7, 11) is 0. The van der Waals surface area contributed by atoms with Gasteiger partial charge in [0, 0.05) is 6.54 Å². The molecule has 0 bridgehead atoms. The van der Waals surface area contributed by atoms with Crippen LogP contribution in [0.1, 0.15) is 38.5 Å². The van der Waals surface area contributed by atoms with Crippen LogP contribution in [0.3, 0.4) is 0 Å². The standard InChI is InChI=1S/C15H26N4O6/c16-6-2-1-4-10(18-13(22)9(17)8-12(20)21)14(23)19-7-3-5-11(19)15(24)25/h9-11H,1-8,16-17H2,(H,18,22)(H,20,21)(H,24,25).